The van der Waals surface area contributed by atoms with Crippen LogP contribution < -0.4 is 4.74 Å². The molecule has 0 radical (unpaired) electrons. The number of ether oxygens (including phenoxy) is 1. The van der Waals surface area contributed by atoms with Crippen LogP contribution in [0.15, 0.2) is 27.1 Å². The number of hydrogen-bond donors (Lipinski definition) is 0. The molecule has 0 heterocycles. The van der Waals surface area contributed by atoms with Gasteiger partial charge in [-0.1, -0.05) is 37.9 Å². The molecule has 0 bridgehead atoms. The molecule has 1 atom stereocenters. The molecule has 0 aliphatic rings. The monoisotopic (exact) mass is 448 g/mol. The van der Waals surface area contributed by atoms with E-state index in [9.17, 15) is 0 Å². The highest BCUT2D eigenvalue weighted by Crippen LogP contribution is 2.32. The van der Waals surface area contributed by atoms with E-state index >= 15 is 0 Å². The van der Waals surface area contributed by atoms with Crippen molar-refractivity contribution in [3.05, 3.63) is 27.1 Å². The van der Waals surface area contributed by atoms with Gasteiger partial charge in [-0.05, 0) is 44.0 Å². The fourth-order valence-corrected chi connectivity index (χ4v) is 1.87. The lowest BCUT2D eigenvalue weighted by Crippen LogP contribution is -2.12. The topological polar surface area (TPSA) is 9.23 Å². The lowest BCUT2D eigenvalue weighted by Gasteiger charge is -2.11. The second-order valence-electron chi connectivity index (χ2n) is 2.61. The summed E-state index contributed by atoms with van der Waals surface area (Å²) in [5.41, 5.74) is 0. The van der Waals surface area contributed by atoms with Crippen molar-refractivity contribution in [1.29, 1.82) is 0 Å². The van der Waals surface area contributed by atoms with Gasteiger partial charge < -0.3 is 4.74 Å². The summed E-state index contributed by atoms with van der Waals surface area (Å²) >= 11 is 13.7. The van der Waals surface area contributed by atoms with Gasteiger partial charge in [-0.2, -0.15) is 0 Å². The van der Waals surface area contributed by atoms with E-state index in [0.717, 1.165) is 20.0 Å². The summed E-state index contributed by atoms with van der Waals surface area (Å²) in [5, 5.41) is 0.874. The molecule has 0 aromatic heterocycles. The number of rotatable bonds is 4. The molecular weight excluding hydrogens is 444 g/mol. The smallest absolute Gasteiger partial charge is 0.134 e. The number of halogens is 4. The zero-order valence-electron chi connectivity index (χ0n) is 7.14. The number of alkyl halides is 2. The van der Waals surface area contributed by atoms with Crippen LogP contribution in [-0.2, 0) is 0 Å². The van der Waals surface area contributed by atoms with Crippen LogP contribution in [0.5, 0.6) is 5.75 Å². The van der Waals surface area contributed by atoms with Gasteiger partial charge in [-0.15, -0.1) is 0 Å². The highest BCUT2D eigenvalue weighted by atomic mass is 79.9. The Morgan fingerprint density at radius 3 is 2.64 bits per heavy atom. The summed E-state index contributed by atoms with van der Waals surface area (Å²) in [4.78, 5) is 0.327. The van der Waals surface area contributed by atoms with E-state index in [0.29, 0.717) is 11.4 Å². The molecular formula is C9H8Br4O. The molecule has 78 valence electrons. The van der Waals surface area contributed by atoms with E-state index in [1.165, 1.54) is 0 Å². The first-order valence-electron chi connectivity index (χ1n) is 3.92. The second-order valence-corrected chi connectivity index (χ2v) is 6.20. The third-order valence-corrected chi connectivity index (χ3v) is 5.75. The minimum Gasteiger partial charge on any atom is -0.491 e. The summed E-state index contributed by atoms with van der Waals surface area (Å²) in [6.07, 6.45) is 0. The summed E-state index contributed by atoms with van der Waals surface area (Å²) in [5.74, 6) is 0.852. The predicted octanol–water partition coefficient (Wildman–Crippen LogP) is 4.75. The van der Waals surface area contributed by atoms with Crippen LogP contribution in [0.3, 0.4) is 0 Å². The molecule has 0 aliphatic heterocycles. The highest BCUT2D eigenvalue weighted by Gasteiger charge is 2.07. The largest absolute Gasteiger partial charge is 0.491 e. The average molecular weight is 452 g/mol. The van der Waals surface area contributed by atoms with Gasteiger partial charge in [-0.25, -0.2) is 0 Å². The SMILES string of the molecule is BrCC(Br)COc1cccc(Br)c1Br. The Bertz CT molecular complexity index is 303. The van der Waals surface area contributed by atoms with Gasteiger partial charge in [0.25, 0.3) is 0 Å². The first-order chi connectivity index (χ1) is 6.65. The van der Waals surface area contributed by atoms with Crippen molar-refractivity contribution in [3.63, 3.8) is 0 Å². The predicted molar refractivity (Wildman–Crippen MR) is 73.8 cm³/mol. The van der Waals surface area contributed by atoms with E-state index in [4.69, 9.17) is 4.74 Å². The van der Waals surface area contributed by atoms with Gasteiger partial charge in [0.1, 0.15) is 12.4 Å². The number of benzene rings is 1. The quantitative estimate of drug-likeness (QED) is 0.600. The van der Waals surface area contributed by atoms with Crippen LogP contribution in [0.25, 0.3) is 0 Å². The third kappa shape index (κ3) is 3.83. The molecule has 1 aromatic rings. The Balaban J connectivity index is 2.63. The summed E-state index contributed by atoms with van der Waals surface area (Å²) < 4.78 is 7.57. The second kappa shape index (κ2) is 6.51. The minimum absolute atomic E-state index is 0.327. The van der Waals surface area contributed by atoms with Crippen molar-refractivity contribution in [3.8, 4) is 5.75 Å². The highest BCUT2D eigenvalue weighted by molar-refractivity contribution is 9.13. The average Bonchev–Trinajstić information content (AvgIpc) is 2.20. The van der Waals surface area contributed by atoms with Crippen LogP contribution in [0.4, 0.5) is 0 Å². The summed E-state index contributed by atoms with van der Waals surface area (Å²) in [7, 11) is 0. The zero-order valence-corrected chi connectivity index (χ0v) is 13.5. The van der Waals surface area contributed by atoms with Crippen LogP contribution >= 0.6 is 63.7 Å². The first kappa shape index (κ1) is 13.0. The molecule has 0 amide bonds. The van der Waals surface area contributed by atoms with Crippen LogP contribution in [-0.4, -0.2) is 16.8 Å². The van der Waals surface area contributed by atoms with Crippen molar-refractivity contribution >= 4 is 63.7 Å². The van der Waals surface area contributed by atoms with Crippen molar-refractivity contribution in [2.45, 2.75) is 4.83 Å². The molecule has 0 N–H and O–H groups in total. The van der Waals surface area contributed by atoms with Gasteiger partial charge in [0, 0.05) is 9.80 Å². The van der Waals surface area contributed by atoms with Crippen molar-refractivity contribution in [2.24, 2.45) is 0 Å². The van der Waals surface area contributed by atoms with Gasteiger partial charge in [0.15, 0.2) is 0 Å². The van der Waals surface area contributed by atoms with Gasteiger partial charge in [0.05, 0.1) is 9.30 Å². The lowest BCUT2D eigenvalue weighted by molar-refractivity contribution is 0.323. The van der Waals surface area contributed by atoms with Crippen LogP contribution in [0.2, 0.25) is 0 Å². The first-order valence-corrected chi connectivity index (χ1v) is 7.54. The summed E-state index contributed by atoms with van der Waals surface area (Å²) in [6, 6.07) is 5.84. The molecule has 0 fully saturated rings. The molecule has 1 rings (SSSR count). The number of hydrogen-bond acceptors (Lipinski definition) is 1. The van der Waals surface area contributed by atoms with E-state index in [1.807, 2.05) is 18.2 Å². The van der Waals surface area contributed by atoms with Crippen LogP contribution in [0, 0.1) is 0 Å². The van der Waals surface area contributed by atoms with Crippen LogP contribution in [0.1, 0.15) is 0 Å². The lowest BCUT2D eigenvalue weighted by atomic mass is 10.3. The standard InChI is InChI=1S/C9H8Br4O/c10-4-6(11)5-14-8-3-1-2-7(12)9(8)13/h1-3,6H,4-5H2. The third-order valence-electron chi connectivity index (χ3n) is 1.50. The molecule has 0 saturated heterocycles. The summed E-state index contributed by atoms with van der Waals surface area (Å²) in [6.45, 7) is 0.639. The fourth-order valence-electron chi connectivity index (χ4n) is 0.820. The molecule has 1 aromatic carbocycles. The normalized spacial score (nSPS) is 12.6. The van der Waals surface area contributed by atoms with E-state index in [1.54, 1.807) is 0 Å². The molecule has 5 heteroatoms. The van der Waals surface area contributed by atoms with Gasteiger partial charge >= 0.3 is 0 Å². The maximum Gasteiger partial charge on any atom is 0.134 e. The Kier molecular flexibility index (Phi) is 6.05. The molecule has 14 heavy (non-hydrogen) atoms. The van der Waals surface area contributed by atoms with Crippen molar-refractivity contribution in [1.82, 2.24) is 0 Å². The molecule has 0 spiro atoms. The minimum atomic E-state index is 0.327. The molecule has 1 unspecified atom stereocenters. The molecule has 0 saturated carbocycles. The Morgan fingerprint density at radius 2 is 2.00 bits per heavy atom. The van der Waals surface area contributed by atoms with Crippen molar-refractivity contribution in [2.75, 3.05) is 11.9 Å². The Hall–Kier alpha value is 0.940. The van der Waals surface area contributed by atoms with Crippen molar-refractivity contribution < 1.29 is 4.74 Å². The maximum absolute atomic E-state index is 5.62. The van der Waals surface area contributed by atoms with E-state index in [2.05, 4.69) is 63.7 Å². The van der Waals surface area contributed by atoms with Gasteiger partial charge in [-0.3, -0.25) is 0 Å². The molecule has 0 aliphatic carbocycles. The fraction of sp³-hybridized carbons (Fsp3) is 0.333. The van der Waals surface area contributed by atoms with E-state index in [-0.39, 0.29) is 0 Å². The Morgan fingerprint density at radius 1 is 1.29 bits per heavy atom. The molecule has 1 nitrogen and oxygen atoms in total. The van der Waals surface area contributed by atoms with Gasteiger partial charge in [0.2, 0.25) is 0 Å². The maximum atomic E-state index is 5.62. The Labute approximate surface area is 117 Å². The zero-order chi connectivity index (χ0) is 10.6. The van der Waals surface area contributed by atoms with E-state index < -0.39 is 0 Å².